The molecule has 5 nitrogen and oxygen atoms in total. The highest BCUT2D eigenvalue weighted by Gasteiger charge is 2.13. The fraction of sp³-hybridized carbons (Fsp3) is 0.188. The van der Waals surface area contributed by atoms with Crippen LogP contribution in [-0.2, 0) is 11.2 Å². The first kappa shape index (κ1) is 14.7. The second-order valence-corrected chi connectivity index (χ2v) is 4.77. The van der Waals surface area contributed by atoms with Gasteiger partial charge in [-0.3, -0.25) is 9.78 Å². The number of benzene rings is 1. The Morgan fingerprint density at radius 2 is 1.86 bits per heavy atom. The van der Waals surface area contributed by atoms with E-state index in [1.54, 1.807) is 24.3 Å². The molecule has 108 valence electrons. The quantitative estimate of drug-likeness (QED) is 0.904. The smallest absolute Gasteiger partial charge is 0.335 e. The van der Waals surface area contributed by atoms with Crippen LogP contribution in [0.25, 0.3) is 0 Å². The average Bonchev–Trinajstić information content (AvgIpc) is 2.42. The topological polar surface area (TPSA) is 79.3 Å². The summed E-state index contributed by atoms with van der Waals surface area (Å²) in [7, 11) is 0. The number of hydrogen-bond acceptors (Lipinski definition) is 3. The van der Waals surface area contributed by atoms with E-state index in [2.05, 4.69) is 10.3 Å². The number of hydrogen-bond donors (Lipinski definition) is 2. The number of aromatic carboxylic acids is 1. The van der Waals surface area contributed by atoms with Crippen molar-refractivity contribution in [2.75, 3.05) is 5.32 Å². The maximum absolute atomic E-state index is 12.1. The molecule has 0 aliphatic rings. The van der Waals surface area contributed by atoms with E-state index in [1.165, 1.54) is 6.07 Å². The summed E-state index contributed by atoms with van der Waals surface area (Å²) in [5.74, 6) is -1.30. The van der Waals surface area contributed by atoms with Crippen LogP contribution in [0.5, 0.6) is 0 Å². The van der Waals surface area contributed by atoms with Crippen LogP contribution in [0.1, 0.15) is 27.3 Å². The molecule has 0 saturated heterocycles. The summed E-state index contributed by atoms with van der Waals surface area (Å²) in [5.41, 5.74) is 2.88. The molecule has 0 unspecified atom stereocenters. The fourth-order valence-electron chi connectivity index (χ4n) is 2.07. The molecular formula is C16H16N2O3. The van der Waals surface area contributed by atoms with Crippen LogP contribution in [0.15, 0.2) is 36.4 Å². The number of pyridine rings is 1. The van der Waals surface area contributed by atoms with Crippen LogP contribution in [0.4, 0.5) is 5.69 Å². The van der Waals surface area contributed by atoms with Gasteiger partial charge in [-0.2, -0.15) is 0 Å². The van der Waals surface area contributed by atoms with Crippen molar-refractivity contribution in [1.82, 2.24) is 4.98 Å². The maximum Gasteiger partial charge on any atom is 0.335 e. The summed E-state index contributed by atoms with van der Waals surface area (Å²) < 4.78 is 0. The predicted molar refractivity (Wildman–Crippen MR) is 79.4 cm³/mol. The number of rotatable bonds is 4. The van der Waals surface area contributed by atoms with E-state index in [0.717, 1.165) is 11.4 Å². The molecule has 0 atom stereocenters. The van der Waals surface area contributed by atoms with E-state index < -0.39 is 5.97 Å². The van der Waals surface area contributed by atoms with E-state index in [-0.39, 0.29) is 17.9 Å². The highest BCUT2D eigenvalue weighted by Crippen LogP contribution is 2.14. The first-order chi connectivity index (χ1) is 9.97. The number of amides is 1. The number of carbonyl (C=O) groups is 2. The van der Waals surface area contributed by atoms with Crippen molar-refractivity contribution < 1.29 is 14.7 Å². The molecule has 2 aromatic rings. The van der Waals surface area contributed by atoms with Gasteiger partial charge in [0, 0.05) is 5.69 Å². The summed E-state index contributed by atoms with van der Waals surface area (Å²) in [6, 6.07) is 10.1. The molecule has 0 aliphatic heterocycles. The highest BCUT2D eigenvalue weighted by atomic mass is 16.4. The Labute approximate surface area is 122 Å². The van der Waals surface area contributed by atoms with Gasteiger partial charge >= 0.3 is 5.97 Å². The van der Waals surface area contributed by atoms with E-state index in [1.807, 2.05) is 19.9 Å². The minimum absolute atomic E-state index is 0.00971. The second-order valence-electron chi connectivity index (χ2n) is 4.77. The third-order valence-electron chi connectivity index (χ3n) is 3.10. The lowest BCUT2D eigenvalue weighted by Gasteiger charge is -2.09. The van der Waals surface area contributed by atoms with Crippen LogP contribution in [0, 0.1) is 13.8 Å². The van der Waals surface area contributed by atoms with Crippen LogP contribution < -0.4 is 5.32 Å². The number of carbonyl (C=O) groups excluding carboxylic acids is 1. The second kappa shape index (κ2) is 6.17. The number of nitrogens with one attached hydrogen (secondary N) is 1. The molecule has 5 heteroatoms. The zero-order valence-corrected chi connectivity index (χ0v) is 11.9. The number of aryl methyl sites for hydroxylation is 2. The molecule has 1 aromatic carbocycles. The van der Waals surface area contributed by atoms with E-state index in [4.69, 9.17) is 5.11 Å². The minimum atomic E-state index is -1.04. The molecular weight excluding hydrogens is 268 g/mol. The van der Waals surface area contributed by atoms with Crippen LogP contribution >= 0.6 is 0 Å². The Hall–Kier alpha value is -2.69. The molecule has 0 saturated carbocycles. The molecule has 0 spiro atoms. The monoisotopic (exact) mass is 284 g/mol. The molecule has 1 amide bonds. The summed E-state index contributed by atoms with van der Waals surface area (Å²) in [6.45, 7) is 3.69. The van der Waals surface area contributed by atoms with E-state index in [9.17, 15) is 9.59 Å². The van der Waals surface area contributed by atoms with Gasteiger partial charge in [-0.1, -0.05) is 18.2 Å². The Balaban J connectivity index is 2.14. The summed E-state index contributed by atoms with van der Waals surface area (Å²) in [5, 5.41) is 11.9. The van der Waals surface area contributed by atoms with Crippen molar-refractivity contribution in [3.63, 3.8) is 0 Å². The fourth-order valence-corrected chi connectivity index (χ4v) is 2.07. The van der Waals surface area contributed by atoms with Crippen molar-refractivity contribution in [3.05, 3.63) is 58.9 Å². The summed E-state index contributed by atoms with van der Waals surface area (Å²) >= 11 is 0. The third-order valence-corrected chi connectivity index (χ3v) is 3.10. The predicted octanol–water partition coefficient (Wildman–Crippen LogP) is 2.58. The number of anilines is 1. The molecule has 2 N–H and O–H groups in total. The van der Waals surface area contributed by atoms with Crippen LogP contribution in [0.2, 0.25) is 0 Å². The minimum Gasteiger partial charge on any atom is -0.478 e. The maximum atomic E-state index is 12.1. The number of carboxylic acid groups (broad SMARTS) is 1. The van der Waals surface area contributed by atoms with Gasteiger partial charge < -0.3 is 10.4 Å². The number of nitrogens with zero attached hydrogens (tertiary/aromatic N) is 1. The van der Waals surface area contributed by atoms with Crippen molar-refractivity contribution in [2.45, 2.75) is 20.3 Å². The molecule has 21 heavy (non-hydrogen) atoms. The zero-order chi connectivity index (χ0) is 15.4. The molecule has 0 aliphatic carbocycles. The Kier molecular flexibility index (Phi) is 4.33. The van der Waals surface area contributed by atoms with E-state index in [0.29, 0.717) is 11.3 Å². The van der Waals surface area contributed by atoms with Gasteiger partial charge in [-0.15, -0.1) is 0 Å². The van der Waals surface area contributed by atoms with E-state index >= 15 is 0 Å². The average molecular weight is 284 g/mol. The van der Waals surface area contributed by atoms with Crippen molar-refractivity contribution in [2.24, 2.45) is 0 Å². The molecule has 2 rings (SSSR count). The molecule has 0 fully saturated rings. The molecule has 0 radical (unpaired) electrons. The first-order valence-electron chi connectivity index (χ1n) is 6.52. The van der Waals surface area contributed by atoms with Gasteiger partial charge in [0.25, 0.3) is 0 Å². The lowest BCUT2D eigenvalue weighted by atomic mass is 10.0. The Bertz CT molecular complexity index is 696. The Morgan fingerprint density at radius 3 is 2.52 bits per heavy atom. The normalized spacial score (nSPS) is 10.2. The standard InChI is InChI=1S/C16H16N2O3/c1-10-7-8-14(11(2)17-10)18-15(19)9-12-5-3-4-6-13(12)16(20)21/h3-8H,9H2,1-2H3,(H,18,19)(H,20,21). The van der Waals surface area contributed by atoms with Crippen molar-refractivity contribution >= 4 is 17.6 Å². The SMILES string of the molecule is Cc1ccc(NC(=O)Cc2ccccc2C(=O)O)c(C)n1. The zero-order valence-electron chi connectivity index (χ0n) is 11.9. The van der Waals surface area contributed by atoms with Crippen molar-refractivity contribution in [3.8, 4) is 0 Å². The van der Waals surface area contributed by atoms with Gasteiger partial charge in [0.05, 0.1) is 23.4 Å². The first-order valence-corrected chi connectivity index (χ1v) is 6.52. The van der Waals surface area contributed by atoms with Gasteiger partial charge in [0.2, 0.25) is 5.91 Å². The van der Waals surface area contributed by atoms with Gasteiger partial charge in [-0.25, -0.2) is 4.79 Å². The van der Waals surface area contributed by atoms with Gasteiger partial charge in [0.15, 0.2) is 0 Å². The van der Waals surface area contributed by atoms with Crippen LogP contribution in [-0.4, -0.2) is 22.0 Å². The molecule has 1 heterocycles. The summed E-state index contributed by atoms with van der Waals surface area (Å²) in [4.78, 5) is 27.4. The summed E-state index contributed by atoms with van der Waals surface area (Å²) in [6.07, 6.45) is 0.00971. The lowest BCUT2D eigenvalue weighted by Crippen LogP contribution is -2.17. The Morgan fingerprint density at radius 1 is 1.14 bits per heavy atom. The van der Waals surface area contributed by atoms with Crippen molar-refractivity contribution in [1.29, 1.82) is 0 Å². The lowest BCUT2D eigenvalue weighted by molar-refractivity contribution is -0.115. The van der Waals surface area contributed by atoms with Gasteiger partial charge in [0.1, 0.15) is 0 Å². The van der Waals surface area contributed by atoms with Gasteiger partial charge in [-0.05, 0) is 37.6 Å². The third kappa shape index (κ3) is 3.66. The van der Waals surface area contributed by atoms with Crippen LogP contribution in [0.3, 0.4) is 0 Å². The molecule has 0 bridgehead atoms. The number of aromatic nitrogens is 1. The molecule has 1 aromatic heterocycles. The highest BCUT2D eigenvalue weighted by molar-refractivity contribution is 5.96. The largest absolute Gasteiger partial charge is 0.478 e. The number of carboxylic acids is 1.